The van der Waals surface area contributed by atoms with Gasteiger partial charge in [0.2, 0.25) is 0 Å². The Hall–Kier alpha value is 0.293. The Morgan fingerprint density at radius 2 is 1.89 bits per heavy atom. The Labute approximate surface area is 134 Å². The van der Waals surface area contributed by atoms with Crippen LogP contribution in [0.1, 0.15) is 33.6 Å². The predicted octanol–water partition coefficient (Wildman–Crippen LogP) is 4.86. The van der Waals surface area contributed by atoms with Gasteiger partial charge in [-0.3, -0.25) is 0 Å². The summed E-state index contributed by atoms with van der Waals surface area (Å²) in [4.78, 5) is 0. The molecule has 1 unspecified atom stereocenters. The van der Waals surface area contributed by atoms with Crippen LogP contribution in [0, 0.1) is 5.92 Å². The van der Waals surface area contributed by atoms with Gasteiger partial charge in [0.05, 0.1) is 0 Å². The van der Waals surface area contributed by atoms with E-state index in [1.54, 1.807) is 17.6 Å². The van der Waals surface area contributed by atoms with Gasteiger partial charge >= 0.3 is 110 Å². The van der Waals surface area contributed by atoms with Crippen molar-refractivity contribution in [1.29, 1.82) is 0 Å². The zero-order valence-corrected chi connectivity index (χ0v) is 15.3. The molecular weight excluding hydrogens is 342 g/mol. The van der Waals surface area contributed by atoms with E-state index >= 15 is 0 Å². The number of rotatable bonds is 3. The number of hydrogen-bond donors (Lipinski definition) is 0. The van der Waals surface area contributed by atoms with Crippen molar-refractivity contribution in [2.75, 3.05) is 0 Å². The molecule has 99 valence electrons. The fraction of sp³-hybridized carbons (Fsp3) is 0.400. The molecule has 0 aromatic rings. The molecule has 3 heteroatoms. The Morgan fingerprint density at radius 3 is 2.44 bits per heavy atom. The van der Waals surface area contributed by atoms with Crippen LogP contribution in [0.2, 0.25) is 0 Å². The zero-order chi connectivity index (χ0) is 11.5. The minimum atomic E-state index is -0.396. The predicted molar refractivity (Wildman–Crippen MR) is 82.6 cm³/mol. The molecule has 0 aliphatic heterocycles. The number of halogens is 2. The summed E-state index contributed by atoms with van der Waals surface area (Å²) in [6, 6.07) is 0. The van der Waals surface area contributed by atoms with Crippen LogP contribution in [0.25, 0.3) is 0 Å². The van der Waals surface area contributed by atoms with E-state index in [1.807, 2.05) is 0 Å². The quantitative estimate of drug-likeness (QED) is 0.672. The normalized spacial score (nSPS) is 17.8. The first-order chi connectivity index (χ1) is 7.68. The molecule has 0 spiro atoms. The number of allylic oxidation sites excluding steroid dienone is 8. The van der Waals surface area contributed by atoms with E-state index in [2.05, 4.69) is 51.2 Å². The molecular formula is C15H21Cl2Zr. The minimum Gasteiger partial charge on any atom is -0.147 e. The Balaban J connectivity index is 0.00000144. The van der Waals surface area contributed by atoms with Crippen molar-refractivity contribution >= 4 is 28.0 Å². The third kappa shape index (κ3) is 4.44. The number of hydrogen-bond acceptors (Lipinski definition) is 0. The maximum Gasteiger partial charge on any atom is -0.147 e. The summed E-state index contributed by atoms with van der Waals surface area (Å²) in [5.41, 5.74) is 3.23. The zero-order valence-electron chi connectivity index (χ0n) is 11.2. The molecule has 2 aliphatic carbocycles. The van der Waals surface area contributed by atoms with Gasteiger partial charge in [0.1, 0.15) is 0 Å². The molecule has 2 rings (SSSR count). The van der Waals surface area contributed by atoms with E-state index in [-0.39, 0.29) is 24.8 Å². The van der Waals surface area contributed by atoms with Crippen molar-refractivity contribution < 1.29 is 22.8 Å². The van der Waals surface area contributed by atoms with Crippen LogP contribution >= 0.6 is 24.8 Å². The molecule has 1 atom stereocenters. The van der Waals surface area contributed by atoms with Crippen molar-refractivity contribution in [1.82, 2.24) is 0 Å². The standard InChI is InChI=1S/C12H13.C3H6.2ClH.Zr/c1-10(11-6-2-3-7-11)12-8-4-5-9-12;1-3-2;;;/h2-4,6,8,10H,5,7H2,1H3;1-2H3;2*1H;. The summed E-state index contributed by atoms with van der Waals surface area (Å²) in [5, 5.41) is 0. The molecule has 0 N–H and O–H groups in total. The molecule has 0 radical (unpaired) electrons. The molecule has 0 aromatic heterocycles. The van der Waals surface area contributed by atoms with Gasteiger partial charge in [0.25, 0.3) is 0 Å². The van der Waals surface area contributed by atoms with Gasteiger partial charge in [-0.25, -0.2) is 0 Å². The molecule has 0 fully saturated rings. The topological polar surface area (TPSA) is 0 Å². The maximum atomic E-state index is 2.38. The molecule has 0 heterocycles. The van der Waals surface area contributed by atoms with Crippen molar-refractivity contribution in [3.8, 4) is 0 Å². The summed E-state index contributed by atoms with van der Waals surface area (Å²) in [6.07, 6.45) is 13.9. The minimum absolute atomic E-state index is 0. The van der Waals surface area contributed by atoms with E-state index in [4.69, 9.17) is 0 Å². The van der Waals surface area contributed by atoms with E-state index in [0.717, 1.165) is 6.42 Å². The van der Waals surface area contributed by atoms with E-state index in [1.165, 1.54) is 6.42 Å². The molecule has 0 bridgehead atoms. The molecule has 0 saturated carbocycles. The van der Waals surface area contributed by atoms with Gasteiger partial charge in [-0.05, 0) is 0 Å². The van der Waals surface area contributed by atoms with Gasteiger partial charge in [0, 0.05) is 0 Å². The average molecular weight is 363 g/mol. The molecule has 0 saturated heterocycles. The van der Waals surface area contributed by atoms with Crippen molar-refractivity contribution in [3.63, 3.8) is 0 Å². The second-order valence-electron chi connectivity index (χ2n) is 4.76. The summed E-state index contributed by atoms with van der Waals surface area (Å²) in [5.74, 6) is 0.643. The van der Waals surface area contributed by atoms with Crippen LogP contribution < -0.4 is 0 Å². The average Bonchev–Trinajstić information content (AvgIpc) is 2.84. The molecule has 2 aliphatic rings. The van der Waals surface area contributed by atoms with Crippen LogP contribution in [-0.2, 0) is 22.8 Å². The van der Waals surface area contributed by atoms with Crippen LogP contribution in [0.4, 0.5) is 0 Å². The summed E-state index contributed by atoms with van der Waals surface area (Å²) >= 11 is -0.396. The fourth-order valence-electron chi connectivity index (χ4n) is 2.34. The van der Waals surface area contributed by atoms with Gasteiger partial charge in [-0.2, -0.15) is 0 Å². The van der Waals surface area contributed by atoms with Gasteiger partial charge in [-0.15, -0.1) is 24.8 Å². The Morgan fingerprint density at radius 1 is 1.17 bits per heavy atom. The molecule has 0 aromatic carbocycles. The first kappa shape index (κ1) is 18.3. The summed E-state index contributed by atoms with van der Waals surface area (Å²) in [6.45, 7) is 6.97. The third-order valence-electron chi connectivity index (χ3n) is 3.19. The SMILES string of the molecule is C[C](C)=[Zr][C]1=C(C(C)C2=CC=CC2)C=CC1.Cl.Cl. The first-order valence-electron chi connectivity index (χ1n) is 6.01. The van der Waals surface area contributed by atoms with Gasteiger partial charge in [-0.1, -0.05) is 0 Å². The van der Waals surface area contributed by atoms with Crippen LogP contribution in [0.3, 0.4) is 0 Å². The summed E-state index contributed by atoms with van der Waals surface area (Å²) in [7, 11) is 0. The molecule has 0 nitrogen and oxygen atoms in total. The smallest absolute Gasteiger partial charge is 0.147 e. The van der Waals surface area contributed by atoms with E-state index < -0.39 is 22.8 Å². The first-order valence-corrected chi connectivity index (χ1v) is 8.46. The second-order valence-corrected chi connectivity index (χ2v) is 9.32. The third-order valence-corrected chi connectivity index (χ3v) is 6.37. The van der Waals surface area contributed by atoms with Crippen molar-refractivity contribution in [3.05, 3.63) is 44.8 Å². The van der Waals surface area contributed by atoms with Gasteiger partial charge < -0.3 is 0 Å². The largest absolute Gasteiger partial charge is 0.147 e. The fourth-order valence-corrected chi connectivity index (χ4v) is 5.45. The summed E-state index contributed by atoms with van der Waals surface area (Å²) < 4.78 is 3.48. The Kier molecular flexibility index (Phi) is 8.60. The van der Waals surface area contributed by atoms with Gasteiger partial charge in [0.15, 0.2) is 0 Å². The van der Waals surface area contributed by atoms with Crippen LogP contribution in [0.15, 0.2) is 44.8 Å². The maximum absolute atomic E-state index is 2.38. The van der Waals surface area contributed by atoms with Crippen LogP contribution in [0.5, 0.6) is 0 Å². The van der Waals surface area contributed by atoms with Crippen LogP contribution in [-0.4, -0.2) is 3.21 Å². The monoisotopic (exact) mass is 361 g/mol. The Bertz CT molecular complexity index is 435. The van der Waals surface area contributed by atoms with Crippen molar-refractivity contribution in [2.45, 2.75) is 33.6 Å². The van der Waals surface area contributed by atoms with E-state index in [9.17, 15) is 0 Å². The molecule has 0 amide bonds. The van der Waals surface area contributed by atoms with Crippen molar-refractivity contribution in [2.24, 2.45) is 5.92 Å². The molecule has 18 heavy (non-hydrogen) atoms. The second kappa shape index (κ2) is 8.46. The van der Waals surface area contributed by atoms with E-state index in [0.29, 0.717) is 5.92 Å².